The summed E-state index contributed by atoms with van der Waals surface area (Å²) in [5.41, 5.74) is 5.80. The molecule has 0 spiro atoms. The van der Waals surface area contributed by atoms with E-state index in [0.29, 0.717) is 5.56 Å². The molecular weight excluding hydrogens is 222 g/mol. The van der Waals surface area contributed by atoms with Crippen molar-refractivity contribution in [2.24, 2.45) is 5.73 Å². The van der Waals surface area contributed by atoms with E-state index in [1.54, 1.807) is 30.5 Å². The van der Waals surface area contributed by atoms with Gasteiger partial charge in [0.25, 0.3) is 5.92 Å². The summed E-state index contributed by atoms with van der Waals surface area (Å²) in [5, 5.41) is 0.875. The molecule has 0 bridgehead atoms. The lowest BCUT2D eigenvalue weighted by Gasteiger charge is -2.14. The fourth-order valence-electron chi connectivity index (χ4n) is 2.36. The zero-order valence-corrected chi connectivity index (χ0v) is 9.16. The molecule has 1 aromatic heterocycles. The molecule has 2 nitrogen and oxygen atoms in total. The van der Waals surface area contributed by atoms with E-state index in [1.807, 2.05) is 6.07 Å². The van der Waals surface area contributed by atoms with Gasteiger partial charge in [-0.15, -0.1) is 0 Å². The van der Waals surface area contributed by atoms with E-state index in [0.717, 1.165) is 10.9 Å². The van der Waals surface area contributed by atoms with E-state index >= 15 is 0 Å². The minimum Gasteiger partial charge on any atom is -0.329 e. The predicted octanol–water partition coefficient (Wildman–Crippen LogP) is 2.47. The Balaban J connectivity index is 2.13. The average Bonchev–Trinajstić information content (AvgIpc) is 2.92. The summed E-state index contributed by atoms with van der Waals surface area (Å²) in [6.45, 7) is -0.0221. The lowest BCUT2D eigenvalue weighted by molar-refractivity contribution is 0.0896. The molecule has 17 heavy (non-hydrogen) atoms. The van der Waals surface area contributed by atoms with Gasteiger partial charge in [0.15, 0.2) is 0 Å². The van der Waals surface area contributed by atoms with Crippen LogP contribution in [0, 0.1) is 0 Å². The van der Waals surface area contributed by atoms with E-state index in [-0.39, 0.29) is 13.0 Å². The molecule has 1 aliphatic rings. The van der Waals surface area contributed by atoms with Gasteiger partial charge < -0.3 is 5.73 Å². The number of pyridine rings is 1. The molecule has 3 rings (SSSR count). The highest BCUT2D eigenvalue weighted by Crippen LogP contribution is 2.61. The van der Waals surface area contributed by atoms with Crippen LogP contribution in [0.2, 0.25) is 0 Å². The van der Waals surface area contributed by atoms with Crippen molar-refractivity contribution in [3.63, 3.8) is 0 Å². The molecule has 88 valence electrons. The average molecular weight is 234 g/mol. The van der Waals surface area contributed by atoms with Crippen molar-refractivity contribution in [1.29, 1.82) is 0 Å². The highest BCUT2D eigenvalue weighted by molar-refractivity contribution is 5.79. The molecule has 1 unspecified atom stereocenters. The van der Waals surface area contributed by atoms with Crippen LogP contribution in [-0.2, 0) is 5.41 Å². The molecule has 2 aromatic rings. The van der Waals surface area contributed by atoms with Crippen LogP contribution < -0.4 is 5.73 Å². The summed E-state index contributed by atoms with van der Waals surface area (Å²) in [7, 11) is 0. The van der Waals surface area contributed by atoms with E-state index in [4.69, 9.17) is 5.73 Å². The molecule has 1 aliphatic carbocycles. The maximum Gasteiger partial charge on any atom is 0.260 e. The third-order valence-electron chi connectivity index (χ3n) is 3.60. The first kappa shape index (κ1) is 10.6. The van der Waals surface area contributed by atoms with E-state index in [9.17, 15) is 8.78 Å². The van der Waals surface area contributed by atoms with Crippen LogP contribution in [0.1, 0.15) is 12.0 Å². The van der Waals surface area contributed by atoms with Crippen LogP contribution in [0.5, 0.6) is 0 Å². The van der Waals surface area contributed by atoms with Crippen molar-refractivity contribution in [1.82, 2.24) is 4.98 Å². The number of hydrogen-bond acceptors (Lipinski definition) is 2. The van der Waals surface area contributed by atoms with Gasteiger partial charge in [-0.1, -0.05) is 12.1 Å². The van der Waals surface area contributed by atoms with Crippen LogP contribution in [0.3, 0.4) is 0 Å². The van der Waals surface area contributed by atoms with Crippen molar-refractivity contribution in [3.05, 3.63) is 42.1 Å². The first-order chi connectivity index (χ1) is 8.09. The maximum absolute atomic E-state index is 13.4. The molecule has 1 aromatic carbocycles. The van der Waals surface area contributed by atoms with Crippen LogP contribution in [0.4, 0.5) is 8.78 Å². The summed E-state index contributed by atoms with van der Waals surface area (Å²) in [4.78, 5) is 4.17. The monoisotopic (exact) mass is 234 g/mol. The zero-order valence-electron chi connectivity index (χ0n) is 9.16. The van der Waals surface area contributed by atoms with Crippen LogP contribution in [-0.4, -0.2) is 17.5 Å². The second-order valence-electron chi connectivity index (χ2n) is 4.58. The molecule has 1 fully saturated rings. The van der Waals surface area contributed by atoms with Crippen molar-refractivity contribution in [2.75, 3.05) is 6.54 Å². The maximum atomic E-state index is 13.4. The van der Waals surface area contributed by atoms with Gasteiger partial charge >= 0.3 is 0 Å². The van der Waals surface area contributed by atoms with Crippen LogP contribution in [0.25, 0.3) is 10.9 Å². The number of benzene rings is 1. The highest BCUT2D eigenvalue weighted by atomic mass is 19.3. The van der Waals surface area contributed by atoms with Gasteiger partial charge in [-0.3, -0.25) is 4.98 Å². The third-order valence-corrected chi connectivity index (χ3v) is 3.60. The number of halogens is 2. The molecule has 4 heteroatoms. The normalized spacial score (nSPS) is 26.1. The van der Waals surface area contributed by atoms with Crippen LogP contribution in [0.15, 0.2) is 36.5 Å². The second-order valence-corrected chi connectivity index (χ2v) is 4.58. The Morgan fingerprint density at radius 2 is 2.06 bits per heavy atom. The highest BCUT2D eigenvalue weighted by Gasteiger charge is 2.71. The van der Waals surface area contributed by atoms with Crippen molar-refractivity contribution in [3.8, 4) is 0 Å². The van der Waals surface area contributed by atoms with E-state index in [2.05, 4.69) is 4.98 Å². The fourth-order valence-corrected chi connectivity index (χ4v) is 2.36. The van der Waals surface area contributed by atoms with Crippen molar-refractivity contribution < 1.29 is 8.78 Å². The summed E-state index contributed by atoms with van der Waals surface area (Å²) >= 11 is 0. The van der Waals surface area contributed by atoms with E-state index < -0.39 is 11.3 Å². The molecule has 1 saturated carbocycles. The lowest BCUT2D eigenvalue weighted by atomic mass is 9.94. The Morgan fingerprint density at radius 3 is 2.71 bits per heavy atom. The number of aromatic nitrogens is 1. The molecule has 0 amide bonds. The summed E-state index contributed by atoms with van der Waals surface area (Å²) < 4.78 is 26.9. The molecule has 2 N–H and O–H groups in total. The molecule has 1 atom stereocenters. The van der Waals surface area contributed by atoms with Gasteiger partial charge in [-0.05, 0) is 23.8 Å². The number of nitrogens with two attached hydrogens (primary N) is 1. The predicted molar refractivity (Wildman–Crippen MR) is 62.0 cm³/mol. The number of alkyl halides is 2. The first-order valence-electron chi connectivity index (χ1n) is 5.52. The van der Waals surface area contributed by atoms with E-state index in [1.165, 1.54) is 0 Å². The third kappa shape index (κ3) is 1.37. The molecular formula is C13H12F2N2. The Hall–Kier alpha value is -1.55. The molecule has 0 aliphatic heterocycles. The summed E-state index contributed by atoms with van der Waals surface area (Å²) in [6.07, 6.45) is 1.54. The molecule has 0 saturated heterocycles. The quantitative estimate of drug-likeness (QED) is 0.867. The molecule has 1 heterocycles. The van der Waals surface area contributed by atoms with Gasteiger partial charge in [0.1, 0.15) is 0 Å². The van der Waals surface area contributed by atoms with Gasteiger partial charge in [-0.25, -0.2) is 8.78 Å². The van der Waals surface area contributed by atoms with Crippen molar-refractivity contribution >= 4 is 10.9 Å². The topological polar surface area (TPSA) is 38.9 Å². The smallest absolute Gasteiger partial charge is 0.260 e. The van der Waals surface area contributed by atoms with Gasteiger partial charge in [0.05, 0.1) is 10.9 Å². The zero-order chi connectivity index (χ0) is 12.1. The van der Waals surface area contributed by atoms with Crippen LogP contribution >= 0.6 is 0 Å². The van der Waals surface area contributed by atoms with Gasteiger partial charge in [-0.2, -0.15) is 0 Å². The summed E-state index contributed by atoms with van der Waals surface area (Å²) in [6, 6.07) is 8.93. The Morgan fingerprint density at radius 1 is 1.29 bits per heavy atom. The second kappa shape index (κ2) is 3.23. The first-order valence-corrected chi connectivity index (χ1v) is 5.52. The SMILES string of the molecule is NCC1(c2ccc3ncccc3c2)CC1(F)F. The Kier molecular flexibility index (Phi) is 2.01. The van der Waals surface area contributed by atoms with Gasteiger partial charge in [0.2, 0.25) is 0 Å². The lowest BCUT2D eigenvalue weighted by Crippen LogP contribution is -2.26. The van der Waals surface area contributed by atoms with Gasteiger partial charge in [0, 0.05) is 24.5 Å². The number of rotatable bonds is 2. The standard InChI is InChI=1S/C13H12F2N2/c14-13(15)7-12(13,8-16)10-3-4-11-9(6-10)2-1-5-17-11/h1-6H,7-8,16H2. The Bertz CT molecular complexity index is 582. The fraction of sp³-hybridized carbons (Fsp3) is 0.308. The molecule has 0 radical (unpaired) electrons. The number of hydrogen-bond donors (Lipinski definition) is 1. The number of fused-ring (bicyclic) bond motifs is 1. The largest absolute Gasteiger partial charge is 0.329 e. The summed E-state index contributed by atoms with van der Waals surface area (Å²) in [5.74, 6) is -2.67. The minimum absolute atomic E-state index is 0.0221. The van der Waals surface area contributed by atoms with Crippen molar-refractivity contribution in [2.45, 2.75) is 17.8 Å². The number of nitrogens with zero attached hydrogens (tertiary/aromatic N) is 1. The minimum atomic E-state index is -2.67. The Labute approximate surface area is 97.5 Å².